The lowest BCUT2D eigenvalue weighted by Gasteiger charge is -2.28. The molecule has 3 rings (SSSR count). The third-order valence-electron chi connectivity index (χ3n) is 4.43. The van der Waals surface area contributed by atoms with E-state index in [1.807, 2.05) is 43.3 Å². The van der Waals surface area contributed by atoms with Crippen LogP contribution in [0.5, 0.6) is 0 Å². The Morgan fingerprint density at radius 1 is 0.929 bits per heavy atom. The van der Waals surface area contributed by atoms with E-state index in [2.05, 4.69) is 34.1 Å². The highest BCUT2D eigenvalue weighted by Gasteiger charge is 2.18. The van der Waals surface area contributed by atoms with Gasteiger partial charge in [-0.2, -0.15) is 0 Å². The van der Waals surface area contributed by atoms with Gasteiger partial charge < -0.3 is 4.74 Å². The second-order valence-electron chi connectivity index (χ2n) is 6.57. The van der Waals surface area contributed by atoms with E-state index in [0.717, 1.165) is 13.1 Å². The number of hydrogen-bond acceptors (Lipinski definition) is 4. The normalized spacial score (nSPS) is 12.2. The van der Waals surface area contributed by atoms with Crippen LogP contribution < -0.4 is 11.2 Å². The summed E-state index contributed by atoms with van der Waals surface area (Å²) in [5, 5.41) is 0. The molecule has 1 heterocycles. The van der Waals surface area contributed by atoms with Crippen LogP contribution in [-0.2, 0) is 17.8 Å². The third kappa shape index (κ3) is 5.52. The van der Waals surface area contributed by atoms with Crippen LogP contribution in [0.1, 0.15) is 24.3 Å². The summed E-state index contributed by atoms with van der Waals surface area (Å²) in [4.78, 5) is 28.2. The van der Waals surface area contributed by atoms with Crippen molar-refractivity contribution in [1.29, 1.82) is 0 Å². The molecule has 28 heavy (non-hydrogen) atoms. The summed E-state index contributed by atoms with van der Waals surface area (Å²) in [7, 11) is 0. The Bertz CT molecular complexity index is 926. The van der Waals surface area contributed by atoms with Crippen molar-refractivity contribution in [2.24, 2.45) is 0 Å². The molecule has 6 nitrogen and oxygen atoms in total. The smallest absolute Gasteiger partial charge is 0.330 e. The van der Waals surface area contributed by atoms with Gasteiger partial charge in [0.1, 0.15) is 0 Å². The Labute approximate surface area is 164 Å². The van der Waals surface area contributed by atoms with Crippen molar-refractivity contribution in [2.75, 3.05) is 13.2 Å². The fourth-order valence-corrected chi connectivity index (χ4v) is 3.16. The van der Waals surface area contributed by atoms with Crippen molar-refractivity contribution in [3.63, 3.8) is 0 Å². The van der Waals surface area contributed by atoms with E-state index < -0.39 is 17.5 Å². The van der Waals surface area contributed by atoms with Gasteiger partial charge in [0.15, 0.2) is 6.23 Å². The van der Waals surface area contributed by atoms with Gasteiger partial charge in [-0.1, -0.05) is 60.7 Å². The van der Waals surface area contributed by atoms with Crippen molar-refractivity contribution in [3.05, 3.63) is 105 Å². The summed E-state index contributed by atoms with van der Waals surface area (Å²) < 4.78 is 7.29. The van der Waals surface area contributed by atoms with Crippen molar-refractivity contribution in [2.45, 2.75) is 26.2 Å². The Morgan fingerprint density at radius 3 is 2.00 bits per heavy atom. The third-order valence-corrected chi connectivity index (χ3v) is 4.43. The van der Waals surface area contributed by atoms with Crippen LogP contribution in [0, 0.1) is 0 Å². The molecule has 1 aromatic heterocycles. The standard InChI is InChI=1S/C22H25N3O3/c1-2-28-21(25-14-13-20(26)23-22(25)27)17-24(15-18-9-5-3-6-10-18)16-19-11-7-4-8-12-19/h3-14,21H,2,15-17H2,1H3,(H,23,26,27). The summed E-state index contributed by atoms with van der Waals surface area (Å²) >= 11 is 0. The minimum Gasteiger partial charge on any atom is -0.357 e. The number of rotatable bonds is 9. The molecule has 0 saturated carbocycles. The fraction of sp³-hybridized carbons (Fsp3) is 0.273. The van der Waals surface area contributed by atoms with Crippen LogP contribution in [0.15, 0.2) is 82.5 Å². The van der Waals surface area contributed by atoms with E-state index in [1.165, 1.54) is 28.0 Å². The molecular weight excluding hydrogens is 354 g/mol. The minimum absolute atomic E-state index is 0.415. The van der Waals surface area contributed by atoms with E-state index in [9.17, 15) is 9.59 Å². The topological polar surface area (TPSA) is 67.3 Å². The summed E-state index contributed by atoms with van der Waals surface area (Å²) in [6, 6.07) is 21.7. The van der Waals surface area contributed by atoms with Crippen molar-refractivity contribution < 1.29 is 4.74 Å². The van der Waals surface area contributed by atoms with Gasteiger partial charge in [-0.05, 0) is 18.1 Å². The molecule has 1 unspecified atom stereocenters. The van der Waals surface area contributed by atoms with Gasteiger partial charge in [0, 0.05) is 38.5 Å². The van der Waals surface area contributed by atoms with Gasteiger partial charge in [-0.3, -0.25) is 19.2 Å². The number of aromatic amines is 1. The highest BCUT2D eigenvalue weighted by molar-refractivity contribution is 5.17. The molecule has 0 fully saturated rings. The van der Waals surface area contributed by atoms with Gasteiger partial charge in [0.05, 0.1) is 0 Å². The Balaban J connectivity index is 1.86. The van der Waals surface area contributed by atoms with Crippen molar-refractivity contribution in [1.82, 2.24) is 14.5 Å². The molecule has 1 N–H and O–H groups in total. The largest absolute Gasteiger partial charge is 0.357 e. The molecule has 0 aliphatic carbocycles. The summed E-state index contributed by atoms with van der Waals surface area (Å²) in [6.45, 7) is 4.29. The molecule has 146 valence electrons. The van der Waals surface area contributed by atoms with Gasteiger partial charge in [0.25, 0.3) is 5.56 Å². The lowest BCUT2D eigenvalue weighted by Crippen LogP contribution is -2.38. The SMILES string of the molecule is CCOC(CN(Cc1ccccc1)Cc1ccccc1)n1ccc(=O)[nH]c1=O. The van der Waals surface area contributed by atoms with Crippen LogP contribution >= 0.6 is 0 Å². The van der Waals surface area contributed by atoms with Gasteiger partial charge in [-0.25, -0.2) is 4.79 Å². The van der Waals surface area contributed by atoms with Crippen LogP contribution in [0.4, 0.5) is 0 Å². The molecule has 2 aromatic carbocycles. The second-order valence-corrected chi connectivity index (χ2v) is 6.57. The zero-order valence-corrected chi connectivity index (χ0v) is 16.0. The highest BCUT2D eigenvalue weighted by atomic mass is 16.5. The Morgan fingerprint density at radius 2 is 1.50 bits per heavy atom. The molecule has 3 aromatic rings. The number of nitrogens with zero attached hydrogens (tertiary/aromatic N) is 2. The zero-order chi connectivity index (χ0) is 19.8. The average Bonchev–Trinajstić information content (AvgIpc) is 2.69. The van der Waals surface area contributed by atoms with Gasteiger partial charge in [0.2, 0.25) is 0 Å². The molecule has 0 bridgehead atoms. The molecule has 0 aliphatic heterocycles. The Hall–Kier alpha value is -2.96. The lowest BCUT2D eigenvalue weighted by molar-refractivity contribution is -0.0215. The average molecular weight is 379 g/mol. The highest BCUT2D eigenvalue weighted by Crippen LogP contribution is 2.15. The first kappa shape index (κ1) is 19.8. The molecule has 0 saturated heterocycles. The molecule has 0 spiro atoms. The predicted molar refractivity (Wildman–Crippen MR) is 109 cm³/mol. The number of nitrogens with one attached hydrogen (secondary N) is 1. The number of ether oxygens (including phenoxy) is 1. The molecule has 6 heteroatoms. The maximum atomic E-state index is 12.3. The van der Waals surface area contributed by atoms with E-state index in [1.54, 1.807) is 0 Å². The van der Waals surface area contributed by atoms with Crippen LogP contribution in [0.2, 0.25) is 0 Å². The van der Waals surface area contributed by atoms with E-state index in [0.29, 0.717) is 13.2 Å². The number of hydrogen-bond donors (Lipinski definition) is 1. The predicted octanol–water partition coefficient (Wildman–Crippen LogP) is 2.77. The van der Waals surface area contributed by atoms with Gasteiger partial charge in [-0.15, -0.1) is 0 Å². The lowest BCUT2D eigenvalue weighted by atomic mass is 10.1. The molecular formula is C22H25N3O3. The monoisotopic (exact) mass is 379 g/mol. The van der Waals surface area contributed by atoms with Crippen LogP contribution in [0.3, 0.4) is 0 Å². The van der Waals surface area contributed by atoms with Crippen LogP contribution in [0.25, 0.3) is 0 Å². The van der Waals surface area contributed by atoms with Gasteiger partial charge >= 0.3 is 5.69 Å². The summed E-state index contributed by atoms with van der Waals surface area (Å²) in [6.07, 6.45) is 0.992. The quantitative estimate of drug-likeness (QED) is 0.621. The second kappa shape index (κ2) is 9.82. The number of aromatic nitrogens is 2. The summed E-state index contributed by atoms with van der Waals surface area (Å²) in [5.41, 5.74) is 1.48. The molecule has 1 atom stereocenters. The summed E-state index contributed by atoms with van der Waals surface area (Å²) in [5.74, 6) is 0. The van der Waals surface area contributed by atoms with Crippen molar-refractivity contribution >= 4 is 0 Å². The van der Waals surface area contributed by atoms with Crippen LogP contribution in [-0.4, -0.2) is 27.6 Å². The molecule has 0 radical (unpaired) electrons. The number of H-pyrrole nitrogens is 1. The van der Waals surface area contributed by atoms with Crippen molar-refractivity contribution in [3.8, 4) is 0 Å². The first-order valence-corrected chi connectivity index (χ1v) is 9.39. The van der Waals surface area contributed by atoms with E-state index in [4.69, 9.17) is 4.74 Å². The number of benzene rings is 2. The maximum Gasteiger partial charge on any atom is 0.330 e. The Kier molecular flexibility index (Phi) is 6.94. The van der Waals surface area contributed by atoms with E-state index in [-0.39, 0.29) is 0 Å². The zero-order valence-electron chi connectivity index (χ0n) is 16.0. The fourth-order valence-electron chi connectivity index (χ4n) is 3.16. The molecule has 0 amide bonds. The first-order valence-electron chi connectivity index (χ1n) is 9.39. The van der Waals surface area contributed by atoms with E-state index >= 15 is 0 Å². The first-order chi connectivity index (χ1) is 13.7. The maximum absolute atomic E-state index is 12.3. The molecule has 0 aliphatic rings. The minimum atomic E-state index is -0.498.